The summed E-state index contributed by atoms with van der Waals surface area (Å²) >= 11 is 0. The molecule has 1 N–H and O–H groups in total. The summed E-state index contributed by atoms with van der Waals surface area (Å²) in [6.07, 6.45) is 37.2. The van der Waals surface area contributed by atoms with Crippen molar-refractivity contribution in [1.82, 2.24) is 0 Å². The van der Waals surface area contributed by atoms with Gasteiger partial charge in [-0.1, -0.05) is 194 Å². The van der Waals surface area contributed by atoms with Crippen LogP contribution in [0.25, 0.3) is 0 Å². The molecule has 0 aromatic carbocycles. The third-order valence-electron chi connectivity index (χ3n) is 9.64. The van der Waals surface area contributed by atoms with Gasteiger partial charge in [0.1, 0.15) is 0 Å². The van der Waals surface area contributed by atoms with E-state index < -0.39 is 17.3 Å². The van der Waals surface area contributed by atoms with Gasteiger partial charge in [0.15, 0.2) is 0 Å². The van der Waals surface area contributed by atoms with Crippen LogP contribution < -0.4 is 0 Å². The first-order valence-electron chi connectivity index (χ1n) is 18.7. The maximum Gasteiger partial charge on any atom is 0.310 e. The lowest BCUT2D eigenvalue weighted by atomic mass is 9.71. The number of aliphatic carboxylic acids is 1. The highest BCUT2D eigenvalue weighted by atomic mass is 16.5. The van der Waals surface area contributed by atoms with Crippen molar-refractivity contribution in [2.24, 2.45) is 11.3 Å². The molecule has 0 saturated heterocycles. The molecule has 0 bridgehead atoms. The Bertz CT molecular complexity index is 604. The number of carbonyl (C=O) groups is 2. The number of esters is 1. The van der Waals surface area contributed by atoms with Gasteiger partial charge >= 0.3 is 11.9 Å². The summed E-state index contributed by atoms with van der Waals surface area (Å²) in [4.78, 5) is 25.1. The molecular formula is C38H74O4. The molecule has 0 spiro atoms. The fraction of sp³-hybridized carbons (Fsp3) is 0.947. The topological polar surface area (TPSA) is 63.6 Å². The predicted molar refractivity (Wildman–Crippen MR) is 181 cm³/mol. The minimum atomic E-state index is -1.04. The highest BCUT2D eigenvalue weighted by Gasteiger charge is 2.45. The van der Waals surface area contributed by atoms with Crippen molar-refractivity contribution >= 4 is 11.9 Å². The van der Waals surface area contributed by atoms with Crippen molar-refractivity contribution in [3.8, 4) is 0 Å². The molecule has 0 amide bonds. The van der Waals surface area contributed by atoms with Crippen LogP contribution in [0.1, 0.15) is 213 Å². The molecule has 0 fully saturated rings. The Hall–Kier alpha value is -1.06. The Morgan fingerprint density at radius 3 is 1.10 bits per heavy atom. The molecule has 0 saturated carbocycles. The normalized spacial score (nSPS) is 13.6. The molecule has 2 atom stereocenters. The standard InChI is InChI=1S/C38H74O4/c1-5-7-9-11-13-15-17-19-21-23-25-27-29-31-33-35(36(39)42-4)38(3,37(40)41)34-32-30-28-26-24-22-20-18-16-14-12-10-8-6-2/h35H,5-34H2,1-4H3,(H,40,41). The first-order valence-corrected chi connectivity index (χ1v) is 18.7. The predicted octanol–water partition coefficient (Wildman–Crippen LogP) is 12.6. The second-order valence-corrected chi connectivity index (χ2v) is 13.5. The van der Waals surface area contributed by atoms with Crippen LogP contribution in [0.5, 0.6) is 0 Å². The van der Waals surface area contributed by atoms with Crippen LogP contribution in [0.15, 0.2) is 0 Å². The summed E-state index contributed by atoms with van der Waals surface area (Å²) in [6.45, 7) is 6.32. The van der Waals surface area contributed by atoms with Gasteiger partial charge in [-0.15, -0.1) is 0 Å². The molecule has 0 heterocycles. The number of carboxylic acid groups (broad SMARTS) is 1. The summed E-state index contributed by atoms with van der Waals surface area (Å²) in [5.41, 5.74) is -1.04. The molecule has 4 heteroatoms. The lowest BCUT2D eigenvalue weighted by molar-refractivity contribution is -0.164. The fourth-order valence-electron chi connectivity index (χ4n) is 6.50. The minimum Gasteiger partial charge on any atom is -0.481 e. The maximum absolute atomic E-state index is 12.7. The van der Waals surface area contributed by atoms with Gasteiger partial charge in [-0.25, -0.2) is 0 Å². The summed E-state index contributed by atoms with van der Waals surface area (Å²) in [6, 6.07) is 0. The Labute approximate surface area is 262 Å². The van der Waals surface area contributed by atoms with Crippen LogP contribution in [-0.2, 0) is 14.3 Å². The smallest absolute Gasteiger partial charge is 0.310 e. The molecule has 4 nitrogen and oxygen atoms in total. The Balaban J connectivity index is 4.09. The lowest BCUT2D eigenvalue weighted by Crippen LogP contribution is -2.41. The molecule has 0 aliphatic heterocycles. The highest BCUT2D eigenvalue weighted by molar-refractivity contribution is 5.84. The fourth-order valence-corrected chi connectivity index (χ4v) is 6.50. The number of ether oxygens (including phenoxy) is 1. The number of methoxy groups -OCH3 is 1. The van der Waals surface area contributed by atoms with E-state index in [0.717, 1.165) is 32.1 Å². The van der Waals surface area contributed by atoms with Gasteiger partial charge in [-0.3, -0.25) is 9.59 Å². The van der Waals surface area contributed by atoms with Gasteiger partial charge in [-0.05, 0) is 19.8 Å². The molecule has 0 aliphatic rings. The van der Waals surface area contributed by atoms with E-state index in [1.54, 1.807) is 6.92 Å². The van der Waals surface area contributed by atoms with E-state index in [2.05, 4.69) is 13.8 Å². The van der Waals surface area contributed by atoms with Crippen molar-refractivity contribution in [3.05, 3.63) is 0 Å². The molecular weight excluding hydrogens is 520 g/mol. The molecule has 0 aromatic heterocycles. The van der Waals surface area contributed by atoms with Gasteiger partial charge in [0.05, 0.1) is 18.4 Å². The summed E-state index contributed by atoms with van der Waals surface area (Å²) in [5.74, 6) is -1.75. The second-order valence-electron chi connectivity index (χ2n) is 13.5. The minimum absolute atomic E-state index is 0.347. The van der Waals surface area contributed by atoms with E-state index >= 15 is 0 Å². The zero-order valence-corrected chi connectivity index (χ0v) is 29.0. The first-order chi connectivity index (χ1) is 20.4. The lowest BCUT2D eigenvalue weighted by Gasteiger charge is -2.32. The van der Waals surface area contributed by atoms with Gasteiger partial charge < -0.3 is 9.84 Å². The van der Waals surface area contributed by atoms with Gasteiger partial charge in [0.2, 0.25) is 0 Å². The number of carbonyl (C=O) groups excluding carboxylic acids is 1. The quantitative estimate of drug-likeness (QED) is 0.0606. The third-order valence-corrected chi connectivity index (χ3v) is 9.64. The molecule has 0 radical (unpaired) electrons. The van der Waals surface area contributed by atoms with Crippen LogP contribution in [-0.4, -0.2) is 24.2 Å². The number of unbranched alkanes of at least 4 members (excludes halogenated alkanes) is 26. The molecule has 42 heavy (non-hydrogen) atoms. The number of rotatable bonds is 33. The maximum atomic E-state index is 12.7. The number of hydrogen-bond donors (Lipinski definition) is 1. The van der Waals surface area contributed by atoms with E-state index in [1.807, 2.05) is 0 Å². The van der Waals surface area contributed by atoms with Crippen LogP contribution in [0.3, 0.4) is 0 Å². The molecule has 250 valence electrons. The number of hydrogen-bond acceptors (Lipinski definition) is 3. The van der Waals surface area contributed by atoms with E-state index in [-0.39, 0.29) is 5.97 Å². The van der Waals surface area contributed by atoms with Crippen molar-refractivity contribution in [1.29, 1.82) is 0 Å². The Morgan fingerprint density at radius 2 is 0.810 bits per heavy atom. The van der Waals surface area contributed by atoms with Gasteiger partial charge in [0, 0.05) is 0 Å². The van der Waals surface area contributed by atoms with Crippen LogP contribution in [0.4, 0.5) is 0 Å². The van der Waals surface area contributed by atoms with Crippen LogP contribution in [0.2, 0.25) is 0 Å². The SMILES string of the molecule is CCCCCCCCCCCCCCCCC(C(=O)OC)C(C)(CCCCCCCCCCCCCCCC)C(=O)O. The summed E-state index contributed by atoms with van der Waals surface area (Å²) in [7, 11) is 1.40. The highest BCUT2D eigenvalue weighted by Crippen LogP contribution is 2.38. The first kappa shape index (κ1) is 40.9. The van der Waals surface area contributed by atoms with Crippen LogP contribution in [0, 0.1) is 11.3 Å². The van der Waals surface area contributed by atoms with Crippen molar-refractivity contribution in [3.63, 3.8) is 0 Å². The van der Waals surface area contributed by atoms with E-state index in [9.17, 15) is 14.7 Å². The Morgan fingerprint density at radius 1 is 0.524 bits per heavy atom. The van der Waals surface area contributed by atoms with Gasteiger partial charge in [-0.2, -0.15) is 0 Å². The van der Waals surface area contributed by atoms with Crippen molar-refractivity contribution < 1.29 is 19.4 Å². The van der Waals surface area contributed by atoms with E-state index in [1.165, 1.54) is 155 Å². The number of carboxylic acids is 1. The average molecular weight is 595 g/mol. The Kier molecular flexibility index (Phi) is 29.2. The zero-order chi connectivity index (χ0) is 31.2. The van der Waals surface area contributed by atoms with Crippen molar-refractivity contribution in [2.45, 2.75) is 213 Å². The zero-order valence-electron chi connectivity index (χ0n) is 29.0. The molecule has 0 aromatic rings. The monoisotopic (exact) mass is 595 g/mol. The second kappa shape index (κ2) is 30.0. The summed E-state index contributed by atoms with van der Waals surface area (Å²) in [5, 5.41) is 10.2. The molecule has 0 rings (SSSR count). The van der Waals surface area contributed by atoms with E-state index in [4.69, 9.17) is 4.74 Å². The summed E-state index contributed by atoms with van der Waals surface area (Å²) < 4.78 is 5.10. The molecule has 2 unspecified atom stereocenters. The average Bonchev–Trinajstić information content (AvgIpc) is 2.98. The van der Waals surface area contributed by atoms with Gasteiger partial charge in [0.25, 0.3) is 0 Å². The van der Waals surface area contributed by atoms with E-state index in [0.29, 0.717) is 12.8 Å². The van der Waals surface area contributed by atoms with Crippen molar-refractivity contribution in [2.75, 3.05) is 7.11 Å². The van der Waals surface area contributed by atoms with Crippen LogP contribution >= 0.6 is 0 Å². The largest absolute Gasteiger partial charge is 0.481 e. The third kappa shape index (κ3) is 22.5. The molecule has 0 aliphatic carbocycles.